The number of nitrogens with one attached hydrogen (secondary N) is 1. The average molecular weight is 435 g/mol. The minimum Gasteiger partial charge on any atom is -0.495 e. The van der Waals surface area contributed by atoms with Crippen LogP contribution in [0.2, 0.25) is 0 Å². The van der Waals surface area contributed by atoms with Gasteiger partial charge in [0.2, 0.25) is 0 Å². The average Bonchev–Trinajstić information content (AvgIpc) is 2.78. The lowest BCUT2D eigenvalue weighted by molar-refractivity contribution is -0.0258. The van der Waals surface area contributed by atoms with E-state index in [1.807, 2.05) is 24.3 Å². The summed E-state index contributed by atoms with van der Waals surface area (Å²) in [7, 11) is 0.517. The number of anilines is 2. The summed E-state index contributed by atoms with van der Waals surface area (Å²) in [6, 6.07) is 13.6. The van der Waals surface area contributed by atoms with Crippen LogP contribution in [0.3, 0.4) is 0 Å². The number of amides is 2. The smallest absolute Gasteiger partial charge is 0.321 e. The van der Waals surface area contributed by atoms with Crippen molar-refractivity contribution in [3.8, 4) is 5.75 Å². The van der Waals surface area contributed by atoms with Crippen LogP contribution < -0.4 is 15.0 Å². The summed E-state index contributed by atoms with van der Waals surface area (Å²) in [4.78, 5) is 21.4. The molecule has 0 aromatic heterocycles. The maximum Gasteiger partial charge on any atom is 0.321 e. The number of para-hydroxylation sites is 2. The van der Waals surface area contributed by atoms with Gasteiger partial charge in [0.15, 0.2) is 0 Å². The standard InChI is InChI=1S/C20H26N4O5S/c1-22(29-3)30(26,27)17-10-8-16(9-11-17)21-20(25)24-14-12-23(13-15-24)18-6-4-5-7-19(18)28-2/h4-11H,12-15H2,1-3H3,(H,21,25). The Hall–Kier alpha value is -2.82. The number of carbonyl (C=O) groups excluding carboxylic acids is 1. The fourth-order valence-corrected chi connectivity index (χ4v) is 4.17. The van der Waals surface area contributed by atoms with Crippen LogP contribution in [0.1, 0.15) is 0 Å². The second-order valence-corrected chi connectivity index (χ2v) is 8.63. The molecule has 3 rings (SSSR count). The first-order valence-corrected chi connectivity index (χ1v) is 10.9. The lowest BCUT2D eigenvalue weighted by atomic mass is 10.2. The van der Waals surface area contributed by atoms with Crippen molar-refractivity contribution in [2.75, 3.05) is 57.7 Å². The van der Waals surface area contributed by atoms with E-state index >= 15 is 0 Å². The number of carbonyl (C=O) groups is 1. The molecule has 0 bridgehead atoms. The summed E-state index contributed by atoms with van der Waals surface area (Å²) >= 11 is 0. The number of nitrogens with zero attached hydrogens (tertiary/aromatic N) is 3. The van der Waals surface area contributed by atoms with Gasteiger partial charge >= 0.3 is 6.03 Å². The van der Waals surface area contributed by atoms with Gasteiger partial charge in [0, 0.05) is 38.9 Å². The number of sulfonamides is 1. The number of hydroxylamine groups is 1. The molecule has 1 aliphatic heterocycles. The lowest BCUT2D eigenvalue weighted by Gasteiger charge is -2.36. The predicted octanol–water partition coefficient (Wildman–Crippen LogP) is 2.23. The monoisotopic (exact) mass is 434 g/mol. The first-order chi connectivity index (χ1) is 14.4. The Morgan fingerprint density at radius 3 is 2.23 bits per heavy atom. The molecule has 0 radical (unpaired) electrons. The van der Waals surface area contributed by atoms with Crippen molar-refractivity contribution in [2.45, 2.75) is 4.90 Å². The molecule has 2 amide bonds. The number of benzene rings is 2. The van der Waals surface area contributed by atoms with Gasteiger partial charge in [0.05, 0.1) is 24.8 Å². The number of ether oxygens (including phenoxy) is 1. The van der Waals surface area contributed by atoms with Gasteiger partial charge in [0.25, 0.3) is 10.0 Å². The van der Waals surface area contributed by atoms with E-state index in [-0.39, 0.29) is 10.9 Å². The van der Waals surface area contributed by atoms with E-state index in [1.165, 1.54) is 26.3 Å². The molecule has 1 saturated heterocycles. The van der Waals surface area contributed by atoms with E-state index in [9.17, 15) is 13.2 Å². The molecule has 1 N–H and O–H groups in total. The van der Waals surface area contributed by atoms with Gasteiger partial charge in [-0.2, -0.15) is 0 Å². The fourth-order valence-electron chi connectivity index (χ4n) is 3.20. The maximum atomic E-state index is 12.6. The van der Waals surface area contributed by atoms with Crippen LogP contribution in [0.4, 0.5) is 16.2 Å². The zero-order valence-corrected chi connectivity index (χ0v) is 18.1. The van der Waals surface area contributed by atoms with Crippen LogP contribution in [0.15, 0.2) is 53.4 Å². The topological polar surface area (TPSA) is 91.4 Å². The molecule has 1 fully saturated rings. The number of rotatable bonds is 6. The van der Waals surface area contributed by atoms with Crippen molar-refractivity contribution in [3.05, 3.63) is 48.5 Å². The molecule has 1 aliphatic rings. The summed E-state index contributed by atoms with van der Waals surface area (Å²) < 4.78 is 30.7. The van der Waals surface area contributed by atoms with Crippen LogP contribution in [-0.4, -0.2) is 71.3 Å². The molecule has 162 valence electrons. The molecule has 0 aliphatic carbocycles. The van der Waals surface area contributed by atoms with Gasteiger partial charge in [-0.25, -0.2) is 13.2 Å². The molecule has 9 nitrogen and oxygen atoms in total. The highest BCUT2D eigenvalue weighted by Gasteiger charge is 2.24. The first-order valence-electron chi connectivity index (χ1n) is 9.44. The third kappa shape index (κ3) is 4.66. The number of hydrogen-bond acceptors (Lipinski definition) is 6. The summed E-state index contributed by atoms with van der Waals surface area (Å²) in [5, 5.41) is 2.81. The molecule has 30 heavy (non-hydrogen) atoms. The van der Waals surface area contributed by atoms with E-state index in [1.54, 1.807) is 24.1 Å². The largest absolute Gasteiger partial charge is 0.495 e. The summed E-state index contributed by atoms with van der Waals surface area (Å²) in [6.45, 7) is 2.51. The SMILES string of the molecule is COc1ccccc1N1CCN(C(=O)Nc2ccc(S(=O)(=O)N(C)OC)cc2)CC1. The van der Waals surface area contributed by atoms with Gasteiger partial charge in [-0.05, 0) is 36.4 Å². The molecule has 0 spiro atoms. The Balaban J connectivity index is 1.59. The van der Waals surface area contributed by atoms with Crippen molar-refractivity contribution in [1.29, 1.82) is 0 Å². The summed E-state index contributed by atoms with van der Waals surface area (Å²) in [5.41, 5.74) is 1.53. The quantitative estimate of drug-likeness (QED) is 0.701. The van der Waals surface area contributed by atoms with Crippen LogP contribution >= 0.6 is 0 Å². The van der Waals surface area contributed by atoms with Crippen molar-refractivity contribution in [2.24, 2.45) is 0 Å². The van der Waals surface area contributed by atoms with E-state index in [0.29, 0.717) is 31.9 Å². The number of methoxy groups -OCH3 is 1. The van der Waals surface area contributed by atoms with Crippen LogP contribution in [-0.2, 0) is 14.9 Å². The minimum absolute atomic E-state index is 0.0790. The molecule has 2 aromatic carbocycles. The van der Waals surface area contributed by atoms with Crippen molar-refractivity contribution in [3.63, 3.8) is 0 Å². The van der Waals surface area contributed by atoms with Crippen LogP contribution in [0.5, 0.6) is 5.75 Å². The Labute approximate surface area is 176 Å². The van der Waals surface area contributed by atoms with Crippen LogP contribution in [0, 0.1) is 0 Å². The highest BCUT2D eigenvalue weighted by molar-refractivity contribution is 7.89. The van der Waals surface area contributed by atoms with E-state index in [4.69, 9.17) is 9.57 Å². The normalized spacial score (nSPS) is 14.7. The van der Waals surface area contributed by atoms with Crippen molar-refractivity contribution in [1.82, 2.24) is 9.37 Å². The Bertz CT molecular complexity index is 973. The molecule has 10 heteroatoms. The third-order valence-corrected chi connectivity index (χ3v) is 6.69. The second-order valence-electron chi connectivity index (χ2n) is 6.70. The van der Waals surface area contributed by atoms with Gasteiger partial charge < -0.3 is 19.9 Å². The number of hydrogen-bond donors (Lipinski definition) is 1. The van der Waals surface area contributed by atoms with Gasteiger partial charge in [0.1, 0.15) is 5.75 Å². The van der Waals surface area contributed by atoms with E-state index in [2.05, 4.69) is 10.2 Å². The highest BCUT2D eigenvalue weighted by atomic mass is 32.2. The van der Waals surface area contributed by atoms with Crippen molar-refractivity contribution < 1.29 is 22.8 Å². The minimum atomic E-state index is -3.72. The Morgan fingerprint density at radius 1 is 1.00 bits per heavy atom. The molecule has 2 aromatic rings. The molecule has 0 unspecified atom stereocenters. The van der Waals surface area contributed by atoms with Gasteiger partial charge in [-0.1, -0.05) is 16.6 Å². The molecule has 0 saturated carbocycles. The summed E-state index contributed by atoms with van der Waals surface area (Å²) in [6.07, 6.45) is 0. The molecule has 1 heterocycles. The summed E-state index contributed by atoms with van der Waals surface area (Å²) in [5.74, 6) is 0.810. The van der Waals surface area contributed by atoms with Gasteiger partial charge in [-0.15, -0.1) is 0 Å². The molecular weight excluding hydrogens is 408 g/mol. The number of urea groups is 1. The Morgan fingerprint density at radius 2 is 1.63 bits per heavy atom. The van der Waals surface area contributed by atoms with Crippen LogP contribution in [0.25, 0.3) is 0 Å². The van der Waals surface area contributed by atoms with E-state index < -0.39 is 10.0 Å². The third-order valence-electron chi connectivity index (χ3n) is 4.99. The van der Waals surface area contributed by atoms with E-state index in [0.717, 1.165) is 15.9 Å². The maximum absolute atomic E-state index is 12.6. The zero-order chi connectivity index (χ0) is 21.7. The Kier molecular flexibility index (Phi) is 6.80. The van der Waals surface area contributed by atoms with Gasteiger partial charge in [-0.3, -0.25) is 4.84 Å². The highest BCUT2D eigenvalue weighted by Crippen LogP contribution is 2.28. The predicted molar refractivity (Wildman–Crippen MR) is 114 cm³/mol. The molecular formula is C20H26N4O5S. The number of piperazine rings is 1. The lowest BCUT2D eigenvalue weighted by Crippen LogP contribution is -2.50. The zero-order valence-electron chi connectivity index (χ0n) is 17.2. The second kappa shape index (κ2) is 9.33. The fraction of sp³-hybridized carbons (Fsp3) is 0.350. The molecule has 0 atom stereocenters. The van der Waals surface area contributed by atoms with Crippen molar-refractivity contribution >= 4 is 27.4 Å². The first kappa shape index (κ1) is 21.9.